The van der Waals surface area contributed by atoms with Gasteiger partial charge in [-0.15, -0.1) is 0 Å². The van der Waals surface area contributed by atoms with Gasteiger partial charge < -0.3 is 15.1 Å². The van der Waals surface area contributed by atoms with Gasteiger partial charge in [-0.25, -0.2) is 0 Å². The largest absolute Gasteiger partial charge is 0.337 e. The Labute approximate surface area is 137 Å². The highest BCUT2D eigenvalue weighted by Gasteiger charge is 2.24. The number of hydrogen-bond donors (Lipinski definition) is 1. The van der Waals surface area contributed by atoms with Crippen LogP contribution in [0.25, 0.3) is 0 Å². The molecule has 2 saturated heterocycles. The molecule has 2 aliphatic rings. The zero-order valence-corrected chi connectivity index (χ0v) is 13.8. The fourth-order valence-electron chi connectivity index (χ4n) is 3.44. The van der Waals surface area contributed by atoms with Gasteiger partial charge in [0.25, 0.3) is 5.91 Å². The number of amides is 2. The van der Waals surface area contributed by atoms with E-state index in [-0.39, 0.29) is 11.8 Å². The summed E-state index contributed by atoms with van der Waals surface area (Å²) in [5.74, 6) is 0.268. The van der Waals surface area contributed by atoms with Crippen LogP contribution in [0.5, 0.6) is 0 Å². The molecule has 1 N–H and O–H groups in total. The minimum Gasteiger partial charge on any atom is -0.337 e. The molecule has 1 aromatic carbocycles. The Bertz CT molecular complexity index is 570. The molecule has 0 bridgehead atoms. The van der Waals surface area contributed by atoms with E-state index in [2.05, 4.69) is 5.32 Å². The molecule has 1 unspecified atom stereocenters. The molecular weight excluding hydrogens is 290 g/mol. The van der Waals surface area contributed by atoms with Gasteiger partial charge in [0.1, 0.15) is 0 Å². The monoisotopic (exact) mass is 315 g/mol. The molecule has 0 saturated carbocycles. The fraction of sp³-hybridized carbons (Fsp3) is 0.556. The van der Waals surface area contributed by atoms with E-state index in [1.54, 1.807) is 0 Å². The molecule has 3 rings (SSSR count). The van der Waals surface area contributed by atoms with Crippen LogP contribution in [0.15, 0.2) is 24.3 Å². The van der Waals surface area contributed by atoms with Crippen molar-refractivity contribution in [2.45, 2.75) is 38.1 Å². The third kappa shape index (κ3) is 3.55. The number of hydrogen-bond acceptors (Lipinski definition) is 3. The first-order valence-electron chi connectivity index (χ1n) is 8.56. The van der Waals surface area contributed by atoms with E-state index in [9.17, 15) is 9.59 Å². The summed E-state index contributed by atoms with van der Waals surface area (Å²) in [6.45, 7) is 2.37. The number of likely N-dealkylation sites (tertiary alicyclic amines) is 1. The third-order valence-electron chi connectivity index (χ3n) is 4.87. The fourth-order valence-corrected chi connectivity index (χ4v) is 3.44. The molecule has 2 heterocycles. The van der Waals surface area contributed by atoms with E-state index < -0.39 is 0 Å². The lowest BCUT2D eigenvalue weighted by molar-refractivity contribution is -0.119. The molecule has 2 fully saturated rings. The summed E-state index contributed by atoms with van der Waals surface area (Å²) in [6, 6.07) is 7.88. The van der Waals surface area contributed by atoms with Gasteiger partial charge in [0.15, 0.2) is 0 Å². The lowest BCUT2D eigenvalue weighted by Gasteiger charge is -2.32. The summed E-state index contributed by atoms with van der Waals surface area (Å²) in [7, 11) is 1.95. The molecule has 0 aromatic heterocycles. The van der Waals surface area contributed by atoms with Crippen molar-refractivity contribution in [3.05, 3.63) is 29.8 Å². The molecule has 5 heteroatoms. The normalized spacial score (nSPS) is 22.3. The second-order valence-corrected chi connectivity index (χ2v) is 6.43. The summed E-state index contributed by atoms with van der Waals surface area (Å²) in [5.41, 5.74) is 1.60. The van der Waals surface area contributed by atoms with E-state index in [0.717, 1.165) is 51.0 Å². The molecule has 0 radical (unpaired) electrons. The van der Waals surface area contributed by atoms with Gasteiger partial charge in [0, 0.05) is 43.3 Å². The molecule has 0 aliphatic carbocycles. The Morgan fingerprint density at radius 1 is 1.13 bits per heavy atom. The first-order valence-corrected chi connectivity index (χ1v) is 8.56. The number of piperidine rings is 2. The lowest BCUT2D eigenvalue weighted by atomic mass is 10.0. The predicted octanol–water partition coefficient (Wildman–Crippen LogP) is 2.03. The van der Waals surface area contributed by atoms with E-state index in [1.807, 2.05) is 41.1 Å². The Morgan fingerprint density at radius 2 is 1.91 bits per heavy atom. The molecule has 0 spiro atoms. The van der Waals surface area contributed by atoms with Crippen LogP contribution in [-0.2, 0) is 4.79 Å². The van der Waals surface area contributed by atoms with Crippen LogP contribution in [0.1, 0.15) is 42.5 Å². The average Bonchev–Trinajstić information content (AvgIpc) is 2.62. The van der Waals surface area contributed by atoms with Crippen LogP contribution in [0.3, 0.4) is 0 Å². The Balaban J connectivity index is 1.69. The Kier molecular flexibility index (Phi) is 4.96. The van der Waals surface area contributed by atoms with Crippen molar-refractivity contribution in [1.29, 1.82) is 0 Å². The first kappa shape index (κ1) is 16.0. The minimum absolute atomic E-state index is 0.0847. The van der Waals surface area contributed by atoms with E-state index in [4.69, 9.17) is 0 Å². The zero-order valence-electron chi connectivity index (χ0n) is 13.8. The SMILES string of the molecule is CNC1CCCN(C(=O)c2ccc(N3CCCCC3=O)cc2)C1. The van der Waals surface area contributed by atoms with Crippen LogP contribution >= 0.6 is 0 Å². The van der Waals surface area contributed by atoms with Gasteiger partial charge in [-0.3, -0.25) is 9.59 Å². The van der Waals surface area contributed by atoms with Crippen molar-refractivity contribution in [2.75, 3.05) is 31.6 Å². The number of anilines is 1. The summed E-state index contributed by atoms with van der Waals surface area (Å²) in [5, 5.41) is 3.26. The molecule has 23 heavy (non-hydrogen) atoms. The Morgan fingerprint density at radius 3 is 2.61 bits per heavy atom. The van der Waals surface area contributed by atoms with Gasteiger partial charge in [0.05, 0.1) is 0 Å². The van der Waals surface area contributed by atoms with Gasteiger partial charge in [-0.2, -0.15) is 0 Å². The highest BCUT2D eigenvalue weighted by molar-refractivity contribution is 5.97. The second kappa shape index (κ2) is 7.13. The van der Waals surface area contributed by atoms with Gasteiger partial charge in [-0.05, 0) is 57.0 Å². The maximum absolute atomic E-state index is 12.6. The van der Waals surface area contributed by atoms with Crippen molar-refractivity contribution in [3.8, 4) is 0 Å². The smallest absolute Gasteiger partial charge is 0.253 e. The molecule has 124 valence electrons. The van der Waals surface area contributed by atoms with Crippen molar-refractivity contribution in [3.63, 3.8) is 0 Å². The number of nitrogens with zero attached hydrogens (tertiary/aromatic N) is 2. The number of likely N-dealkylation sites (N-methyl/N-ethyl adjacent to an activating group) is 1. The van der Waals surface area contributed by atoms with Crippen LogP contribution in [-0.4, -0.2) is 49.4 Å². The van der Waals surface area contributed by atoms with E-state index in [1.165, 1.54) is 0 Å². The quantitative estimate of drug-likeness (QED) is 0.928. The van der Waals surface area contributed by atoms with Gasteiger partial charge in [-0.1, -0.05) is 0 Å². The number of carbonyl (C=O) groups is 2. The van der Waals surface area contributed by atoms with Crippen LogP contribution in [0.4, 0.5) is 5.69 Å². The number of nitrogens with one attached hydrogen (secondary N) is 1. The molecule has 5 nitrogen and oxygen atoms in total. The summed E-state index contributed by atoms with van der Waals surface area (Å²) < 4.78 is 0. The van der Waals surface area contributed by atoms with Crippen molar-refractivity contribution >= 4 is 17.5 Å². The minimum atomic E-state index is 0.0847. The molecule has 2 aliphatic heterocycles. The van der Waals surface area contributed by atoms with Crippen molar-refractivity contribution < 1.29 is 9.59 Å². The summed E-state index contributed by atoms with van der Waals surface area (Å²) in [6.07, 6.45) is 4.81. The molecule has 1 atom stereocenters. The van der Waals surface area contributed by atoms with Gasteiger partial charge >= 0.3 is 0 Å². The lowest BCUT2D eigenvalue weighted by Crippen LogP contribution is -2.46. The highest BCUT2D eigenvalue weighted by Crippen LogP contribution is 2.22. The topological polar surface area (TPSA) is 52.7 Å². The van der Waals surface area contributed by atoms with Crippen molar-refractivity contribution in [1.82, 2.24) is 10.2 Å². The van der Waals surface area contributed by atoms with Crippen LogP contribution in [0.2, 0.25) is 0 Å². The van der Waals surface area contributed by atoms with E-state index >= 15 is 0 Å². The molecule has 1 aromatic rings. The molecule has 2 amide bonds. The van der Waals surface area contributed by atoms with Crippen LogP contribution in [0, 0.1) is 0 Å². The maximum Gasteiger partial charge on any atom is 0.253 e. The predicted molar refractivity (Wildman–Crippen MR) is 90.6 cm³/mol. The van der Waals surface area contributed by atoms with Crippen molar-refractivity contribution in [2.24, 2.45) is 0 Å². The first-order chi connectivity index (χ1) is 11.2. The number of rotatable bonds is 3. The second-order valence-electron chi connectivity index (χ2n) is 6.43. The molecular formula is C18H25N3O2. The number of benzene rings is 1. The standard InChI is InChI=1S/C18H25N3O2/c1-19-15-5-4-11-20(13-15)18(23)14-7-9-16(10-8-14)21-12-3-2-6-17(21)22/h7-10,15,19H,2-6,11-13H2,1H3. The number of carbonyl (C=O) groups excluding carboxylic acids is 2. The highest BCUT2D eigenvalue weighted by atomic mass is 16.2. The Hall–Kier alpha value is -1.88. The average molecular weight is 315 g/mol. The maximum atomic E-state index is 12.6. The zero-order chi connectivity index (χ0) is 16.2. The van der Waals surface area contributed by atoms with E-state index in [0.29, 0.717) is 18.0 Å². The van der Waals surface area contributed by atoms with Gasteiger partial charge in [0.2, 0.25) is 5.91 Å². The van der Waals surface area contributed by atoms with Crippen LogP contribution < -0.4 is 10.2 Å². The summed E-state index contributed by atoms with van der Waals surface area (Å²) >= 11 is 0. The third-order valence-corrected chi connectivity index (χ3v) is 4.87. The summed E-state index contributed by atoms with van der Waals surface area (Å²) in [4.78, 5) is 28.4.